The third kappa shape index (κ3) is 4.62. The van der Waals surface area contributed by atoms with Crippen molar-refractivity contribution in [2.24, 2.45) is 0 Å². The molecule has 1 aromatic carbocycles. The normalized spacial score (nSPS) is 16.0. The summed E-state index contributed by atoms with van der Waals surface area (Å²) in [4.78, 5) is 8.12. The molecule has 1 aromatic heterocycles. The van der Waals surface area contributed by atoms with Crippen molar-refractivity contribution in [2.75, 3.05) is 31.9 Å². The number of rotatable bonds is 4. The minimum Gasteiger partial charge on any atom is -0.381 e. The van der Waals surface area contributed by atoms with E-state index in [-0.39, 0.29) is 5.28 Å². The summed E-state index contributed by atoms with van der Waals surface area (Å²) in [6, 6.07) is 6.13. The summed E-state index contributed by atoms with van der Waals surface area (Å²) in [7, 11) is -2.48. The molecule has 25 heavy (non-hydrogen) atoms. The molecule has 5 nitrogen and oxygen atoms in total. The molecule has 0 atom stereocenters. The Morgan fingerprint density at radius 3 is 2.72 bits per heavy atom. The maximum atomic E-state index is 12.9. The molecule has 2 heterocycles. The third-order valence-corrected chi connectivity index (χ3v) is 6.56. The highest BCUT2D eigenvalue weighted by molar-refractivity contribution is 9.10. The summed E-state index contributed by atoms with van der Waals surface area (Å²) in [5, 5.41) is 4.21. The lowest BCUT2D eigenvalue weighted by Gasteiger charge is -2.24. The Morgan fingerprint density at radius 1 is 1.32 bits per heavy atom. The number of anilines is 2. The zero-order valence-electron chi connectivity index (χ0n) is 14.1. The van der Waals surface area contributed by atoms with Crippen LogP contribution in [0.3, 0.4) is 0 Å². The first-order chi connectivity index (χ1) is 11.8. The average Bonchev–Trinajstić information content (AvgIpc) is 2.58. The van der Waals surface area contributed by atoms with Gasteiger partial charge in [0.2, 0.25) is 5.28 Å². The first-order valence-corrected chi connectivity index (χ1v) is 11.8. The molecule has 0 saturated carbocycles. The van der Waals surface area contributed by atoms with E-state index in [0.717, 1.165) is 37.0 Å². The Kier molecular flexibility index (Phi) is 5.84. The molecule has 8 heteroatoms. The summed E-state index contributed by atoms with van der Waals surface area (Å²) >= 11 is 9.30. The van der Waals surface area contributed by atoms with Gasteiger partial charge in [0.05, 0.1) is 10.2 Å². The Balaban J connectivity index is 1.98. The molecular weight excluding hydrogens is 425 g/mol. The third-order valence-electron chi connectivity index (χ3n) is 4.26. The molecular formula is C17H20BrClN3O2P. The first-order valence-electron chi connectivity index (χ1n) is 8.07. The quantitative estimate of drug-likeness (QED) is 0.543. The van der Waals surface area contributed by atoms with Crippen LogP contribution in [-0.2, 0) is 9.30 Å². The topological polar surface area (TPSA) is 64.1 Å². The highest BCUT2D eigenvalue weighted by Gasteiger charge is 2.22. The van der Waals surface area contributed by atoms with Crippen LogP contribution in [0, 0.1) is 0 Å². The molecule has 1 aliphatic rings. The monoisotopic (exact) mass is 443 g/mol. The number of nitrogens with zero attached hydrogens (tertiary/aromatic N) is 2. The van der Waals surface area contributed by atoms with Crippen LogP contribution in [0.15, 0.2) is 28.9 Å². The van der Waals surface area contributed by atoms with Crippen LogP contribution in [0.1, 0.15) is 24.3 Å². The Bertz CT molecular complexity index is 822. The Labute approximate surface area is 161 Å². The lowest BCUT2D eigenvalue weighted by atomic mass is 9.91. The van der Waals surface area contributed by atoms with E-state index in [2.05, 4.69) is 43.3 Å². The van der Waals surface area contributed by atoms with Crippen molar-refractivity contribution >= 4 is 51.5 Å². The average molecular weight is 445 g/mol. The van der Waals surface area contributed by atoms with Crippen molar-refractivity contribution in [3.63, 3.8) is 0 Å². The second-order valence-corrected chi connectivity index (χ2v) is 10.9. The summed E-state index contributed by atoms with van der Waals surface area (Å²) in [6.45, 7) is 5.12. The van der Waals surface area contributed by atoms with Crippen LogP contribution < -0.4 is 10.6 Å². The van der Waals surface area contributed by atoms with E-state index in [1.54, 1.807) is 19.5 Å². The number of nitrogens with one attached hydrogen (secondary N) is 1. The van der Waals surface area contributed by atoms with Crippen molar-refractivity contribution in [3.05, 3.63) is 39.7 Å². The molecule has 1 saturated heterocycles. The van der Waals surface area contributed by atoms with Crippen LogP contribution in [0.5, 0.6) is 0 Å². The number of aromatic nitrogens is 2. The van der Waals surface area contributed by atoms with E-state index in [4.69, 9.17) is 16.3 Å². The highest BCUT2D eigenvalue weighted by atomic mass is 79.9. The van der Waals surface area contributed by atoms with Gasteiger partial charge in [-0.15, -0.1) is 0 Å². The summed E-state index contributed by atoms with van der Waals surface area (Å²) in [5.41, 5.74) is 1.99. The lowest BCUT2D eigenvalue weighted by Crippen LogP contribution is -2.17. The second-order valence-electron chi connectivity index (χ2n) is 6.47. The largest absolute Gasteiger partial charge is 0.381 e. The number of halogens is 2. The fourth-order valence-corrected chi connectivity index (χ4v) is 4.54. The maximum absolute atomic E-state index is 12.9. The lowest BCUT2D eigenvalue weighted by molar-refractivity contribution is 0.0853. The van der Waals surface area contributed by atoms with Crippen molar-refractivity contribution in [2.45, 2.75) is 18.8 Å². The second kappa shape index (κ2) is 7.75. The number of hydrogen-bond acceptors (Lipinski definition) is 5. The molecule has 0 unspecified atom stereocenters. The fourth-order valence-electron chi connectivity index (χ4n) is 2.95. The van der Waals surface area contributed by atoms with E-state index in [1.807, 2.05) is 6.07 Å². The van der Waals surface area contributed by atoms with Gasteiger partial charge in [-0.1, -0.05) is 6.07 Å². The van der Waals surface area contributed by atoms with E-state index in [9.17, 15) is 4.57 Å². The highest BCUT2D eigenvalue weighted by Crippen LogP contribution is 2.40. The maximum Gasteiger partial charge on any atom is 0.224 e. The van der Waals surface area contributed by atoms with Crippen molar-refractivity contribution in [3.8, 4) is 0 Å². The van der Waals surface area contributed by atoms with Crippen LogP contribution in [0.25, 0.3) is 0 Å². The van der Waals surface area contributed by atoms with Crippen LogP contribution in [-0.4, -0.2) is 36.5 Å². The summed E-state index contributed by atoms with van der Waals surface area (Å²) in [5.74, 6) is 1.00. The molecule has 1 fully saturated rings. The first kappa shape index (κ1) is 18.8. The number of hydrogen-bond donors (Lipinski definition) is 1. The molecule has 2 aromatic rings. The molecule has 0 amide bonds. The molecule has 1 aliphatic heterocycles. The van der Waals surface area contributed by atoms with Gasteiger partial charge in [0.25, 0.3) is 0 Å². The van der Waals surface area contributed by atoms with Gasteiger partial charge in [0.15, 0.2) is 0 Å². The van der Waals surface area contributed by atoms with Crippen molar-refractivity contribution < 1.29 is 9.30 Å². The summed E-state index contributed by atoms with van der Waals surface area (Å²) in [6.07, 6.45) is 3.58. The molecule has 0 radical (unpaired) electrons. The van der Waals surface area contributed by atoms with Gasteiger partial charge < -0.3 is 14.6 Å². The van der Waals surface area contributed by atoms with Gasteiger partial charge >= 0.3 is 0 Å². The van der Waals surface area contributed by atoms with E-state index in [1.165, 1.54) is 5.56 Å². The van der Waals surface area contributed by atoms with Gasteiger partial charge in [0.1, 0.15) is 13.0 Å². The van der Waals surface area contributed by atoms with E-state index in [0.29, 0.717) is 16.2 Å². The van der Waals surface area contributed by atoms with Crippen LogP contribution in [0.2, 0.25) is 5.28 Å². The Hall–Kier alpha value is -0.940. The fraction of sp³-hybridized carbons (Fsp3) is 0.412. The standard InChI is InChI=1S/C17H20BrClN3O2P/c1-25(2,23)15-9-12(11-5-7-24-8-6-11)3-4-14(15)21-16-13(18)10-20-17(19)22-16/h3-4,9-11H,5-8H2,1-2H3,(H,20,21,22). The molecule has 0 aliphatic carbocycles. The smallest absolute Gasteiger partial charge is 0.224 e. The predicted octanol–water partition coefficient (Wildman–Crippen LogP) is 4.78. The van der Waals surface area contributed by atoms with Gasteiger partial charge in [0, 0.05) is 24.7 Å². The van der Waals surface area contributed by atoms with E-state index < -0.39 is 7.14 Å². The zero-order chi connectivity index (χ0) is 18.0. The van der Waals surface area contributed by atoms with Gasteiger partial charge in [-0.25, -0.2) is 4.98 Å². The predicted molar refractivity (Wildman–Crippen MR) is 106 cm³/mol. The molecule has 3 rings (SSSR count). The minimum absolute atomic E-state index is 0.155. The van der Waals surface area contributed by atoms with Crippen molar-refractivity contribution in [1.29, 1.82) is 0 Å². The molecule has 1 N–H and O–H groups in total. The Morgan fingerprint density at radius 2 is 2.04 bits per heavy atom. The zero-order valence-corrected chi connectivity index (χ0v) is 17.4. The van der Waals surface area contributed by atoms with Crippen LogP contribution in [0.4, 0.5) is 11.5 Å². The minimum atomic E-state index is -2.48. The van der Waals surface area contributed by atoms with Gasteiger partial charge in [-0.05, 0) is 77.3 Å². The number of ether oxygens (including phenoxy) is 1. The molecule has 0 bridgehead atoms. The van der Waals surface area contributed by atoms with Gasteiger partial charge in [-0.2, -0.15) is 4.98 Å². The SMILES string of the molecule is CP(C)(=O)c1cc(C2CCOCC2)ccc1Nc1nc(Cl)ncc1Br. The van der Waals surface area contributed by atoms with E-state index >= 15 is 0 Å². The van der Waals surface area contributed by atoms with Gasteiger partial charge in [-0.3, -0.25) is 0 Å². The molecule has 0 spiro atoms. The summed E-state index contributed by atoms with van der Waals surface area (Å²) < 4.78 is 19.0. The van der Waals surface area contributed by atoms with Crippen molar-refractivity contribution in [1.82, 2.24) is 9.97 Å². The van der Waals surface area contributed by atoms with Crippen LogP contribution >= 0.6 is 34.7 Å². The number of benzene rings is 1. The molecule has 134 valence electrons.